The van der Waals surface area contributed by atoms with Crippen LogP contribution in [0, 0.1) is 0 Å². The molecule has 0 amide bonds. The van der Waals surface area contributed by atoms with Crippen LogP contribution in [0.1, 0.15) is 128 Å². The van der Waals surface area contributed by atoms with Crippen molar-refractivity contribution in [2.24, 2.45) is 0 Å². The van der Waals surface area contributed by atoms with E-state index in [4.69, 9.17) is 0 Å². The van der Waals surface area contributed by atoms with Crippen LogP contribution in [0.5, 0.6) is 0 Å². The fourth-order valence-corrected chi connectivity index (χ4v) is 5.43. The van der Waals surface area contributed by atoms with E-state index in [2.05, 4.69) is 93.8 Å². The molecule has 0 saturated carbocycles. The van der Waals surface area contributed by atoms with E-state index < -0.39 is 0 Å². The van der Waals surface area contributed by atoms with E-state index >= 15 is 0 Å². The number of hydrogen-bond acceptors (Lipinski definition) is 0. The summed E-state index contributed by atoms with van der Waals surface area (Å²) in [4.78, 5) is 0. The summed E-state index contributed by atoms with van der Waals surface area (Å²) in [5.41, 5.74) is 2.74. The highest BCUT2D eigenvalue weighted by Crippen LogP contribution is 2.11. The minimum Gasteiger partial charge on any atom is -0.237 e. The van der Waals surface area contributed by atoms with Crippen LogP contribution in [0.2, 0.25) is 0 Å². The van der Waals surface area contributed by atoms with E-state index in [1.54, 1.807) is 0 Å². The van der Waals surface area contributed by atoms with Gasteiger partial charge in [-0.15, -0.1) is 0 Å². The first kappa shape index (κ1) is 30.2. The Balaban J connectivity index is 1.34. The van der Waals surface area contributed by atoms with Crippen molar-refractivity contribution in [3.63, 3.8) is 0 Å². The minimum atomic E-state index is 0.933. The SMILES string of the molecule is CCCCCCCCCCn1cc[n+](Cc2cccc(C[n+]3ccn(CCCCCCCCCC)c3)c2)c1. The molecule has 0 bridgehead atoms. The molecule has 0 atom stereocenters. The number of benzene rings is 1. The molecule has 0 radical (unpaired) electrons. The Morgan fingerprint density at radius 2 is 0.921 bits per heavy atom. The van der Waals surface area contributed by atoms with Crippen molar-refractivity contribution in [1.29, 1.82) is 0 Å². The van der Waals surface area contributed by atoms with Gasteiger partial charge in [-0.3, -0.25) is 0 Å². The smallest absolute Gasteiger partial charge is 0.237 e. The van der Waals surface area contributed by atoms with Crippen molar-refractivity contribution >= 4 is 0 Å². The molecular weight excluding hydrogens is 464 g/mol. The highest BCUT2D eigenvalue weighted by atomic mass is 15.1. The maximum Gasteiger partial charge on any atom is 0.244 e. The second kappa shape index (κ2) is 18.8. The third-order valence-corrected chi connectivity index (χ3v) is 7.75. The molecule has 0 aliphatic carbocycles. The van der Waals surface area contributed by atoms with Crippen LogP contribution in [0.3, 0.4) is 0 Å². The van der Waals surface area contributed by atoms with Crippen LogP contribution in [0.4, 0.5) is 0 Å². The maximum atomic E-state index is 2.37. The predicted octanol–water partition coefficient (Wildman–Crippen LogP) is 8.24. The van der Waals surface area contributed by atoms with Crippen LogP contribution in [-0.4, -0.2) is 9.13 Å². The molecule has 0 aliphatic heterocycles. The predicted molar refractivity (Wildman–Crippen MR) is 159 cm³/mol. The second-order valence-electron chi connectivity index (χ2n) is 11.4. The summed E-state index contributed by atoms with van der Waals surface area (Å²) in [5, 5.41) is 0. The van der Waals surface area contributed by atoms with Crippen LogP contribution < -0.4 is 9.13 Å². The van der Waals surface area contributed by atoms with Crippen LogP contribution in [-0.2, 0) is 26.2 Å². The van der Waals surface area contributed by atoms with Gasteiger partial charge in [-0.05, 0) is 42.9 Å². The monoisotopic (exact) mass is 520 g/mol. The number of aromatic nitrogens is 4. The summed E-state index contributed by atoms with van der Waals surface area (Å²) in [5.74, 6) is 0. The molecule has 0 N–H and O–H groups in total. The molecular formula is C34H56N4+2. The van der Waals surface area contributed by atoms with Crippen LogP contribution in [0.15, 0.2) is 61.7 Å². The molecule has 2 aromatic heterocycles. The summed E-state index contributed by atoms with van der Waals surface area (Å²) in [6.45, 7) is 8.71. The zero-order valence-electron chi connectivity index (χ0n) is 24.7. The Morgan fingerprint density at radius 1 is 0.526 bits per heavy atom. The van der Waals surface area contributed by atoms with E-state index in [0.29, 0.717) is 0 Å². The van der Waals surface area contributed by atoms with Gasteiger partial charge in [-0.25, -0.2) is 18.3 Å². The molecule has 4 nitrogen and oxygen atoms in total. The molecule has 4 heteroatoms. The van der Waals surface area contributed by atoms with Gasteiger partial charge < -0.3 is 0 Å². The van der Waals surface area contributed by atoms with Gasteiger partial charge in [0.1, 0.15) is 37.9 Å². The van der Waals surface area contributed by atoms with Crippen molar-refractivity contribution in [1.82, 2.24) is 9.13 Å². The van der Waals surface area contributed by atoms with Crippen molar-refractivity contribution in [3.8, 4) is 0 Å². The molecule has 210 valence electrons. The molecule has 0 fully saturated rings. The highest BCUT2D eigenvalue weighted by Gasteiger charge is 2.08. The average molecular weight is 521 g/mol. The Hall–Kier alpha value is -2.36. The summed E-state index contributed by atoms with van der Waals surface area (Å²) in [6.07, 6.45) is 35.5. The van der Waals surface area contributed by atoms with Gasteiger partial charge in [-0.2, -0.15) is 0 Å². The Kier molecular flexibility index (Phi) is 14.9. The molecule has 2 heterocycles. The third kappa shape index (κ3) is 12.5. The minimum absolute atomic E-state index is 0.933. The molecule has 0 unspecified atom stereocenters. The molecule has 0 spiro atoms. The Bertz CT molecular complexity index is 910. The molecule has 3 aromatic rings. The van der Waals surface area contributed by atoms with Crippen molar-refractivity contribution in [2.75, 3.05) is 0 Å². The van der Waals surface area contributed by atoms with Gasteiger partial charge in [0.25, 0.3) is 0 Å². The summed E-state index contributed by atoms with van der Waals surface area (Å²) in [7, 11) is 0. The average Bonchev–Trinajstić information content (AvgIpc) is 3.56. The number of aryl methyl sites for hydroxylation is 2. The van der Waals surface area contributed by atoms with E-state index in [-0.39, 0.29) is 0 Å². The normalized spacial score (nSPS) is 11.4. The van der Waals surface area contributed by atoms with Crippen molar-refractivity contribution < 1.29 is 9.13 Å². The van der Waals surface area contributed by atoms with Gasteiger partial charge in [0.05, 0.1) is 13.1 Å². The van der Waals surface area contributed by atoms with Gasteiger partial charge in [0.2, 0.25) is 12.7 Å². The standard InChI is InChI=1S/C34H56N4/c1-3-5-7-9-11-13-15-17-22-35-24-26-37(31-35)29-33-20-19-21-34(28-33)30-38-27-25-36(32-38)23-18-16-14-12-10-8-6-4-2/h19-21,24-28,31-32H,3-18,22-23,29-30H2,1-2H3/q+2. The molecule has 0 aliphatic rings. The Labute approximate surface area is 233 Å². The summed E-state index contributed by atoms with van der Waals surface area (Å²) >= 11 is 0. The lowest BCUT2D eigenvalue weighted by atomic mass is 10.1. The third-order valence-electron chi connectivity index (χ3n) is 7.75. The number of imidazole rings is 2. The summed E-state index contributed by atoms with van der Waals surface area (Å²) < 4.78 is 9.34. The quantitative estimate of drug-likeness (QED) is 0.0937. The number of unbranched alkanes of at least 4 members (excludes halogenated alkanes) is 14. The molecule has 1 aromatic carbocycles. The van der Waals surface area contributed by atoms with Crippen molar-refractivity contribution in [3.05, 3.63) is 72.8 Å². The largest absolute Gasteiger partial charge is 0.244 e. The van der Waals surface area contributed by atoms with Gasteiger partial charge in [0, 0.05) is 0 Å². The second-order valence-corrected chi connectivity index (χ2v) is 11.4. The van der Waals surface area contributed by atoms with Gasteiger partial charge >= 0.3 is 0 Å². The fourth-order valence-electron chi connectivity index (χ4n) is 5.43. The van der Waals surface area contributed by atoms with Crippen LogP contribution in [0.25, 0.3) is 0 Å². The first-order chi connectivity index (χ1) is 18.8. The highest BCUT2D eigenvalue weighted by molar-refractivity contribution is 5.22. The zero-order chi connectivity index (χ0) is 26.7. The lowest BCUT2D eigenvalue weighted by Crippen LogP contribution is -2.33. The molecule has 0 saturated heterocycles. The number of hydrogen-bond donors (Lipinski definition) is 0. The van der Waals surface area contributed by atoms with Crippen LogP contribution >= 0.6 is 0 Å². The topological polar surface area (TPSA) is 17.6 Å². The van der Waals surface area contributed by atoms with E-state index in [0.717, 1.165) is 26.2 Å². The first-order valence-corrected chi connectivity index (χ1v) is 15.9. The number of rotatable bonds is 22. The molecule has 38 heavy (non-hydrogen) atoms. The van der Waals surface area contributed by atoms with E-state index in [1.807, 2.05) is 0 Å². The van der Waals surface area contributed by atoms with Gasteiger partial charge in [0.15, 0.2) is 0 Å². The fraction of sp³-hybridized carbons (Fsp3) is 0.647. The zero-order valence-corrected chi connectivity index (χ0v) is 24.7. The molecule has 3 rings (SSSR count). The van der Waals surface area contributed by atoms with E-state index in [9.17, 15) is 0 Å². The number of nitrogens with zero attached hydrogens (tertiary/aromatic N) is 4. The van der Waals surface area contributed by atoms with Gasteiger partial charge in [-0.1, -0.05) is 109 Å². The van der Waals surface area contributed by atoms with E-state index in [1.165, 1.54) is 114 Å². The Morgan fingerprint density at radius 3 is 1.34 bits per heavy atom. The summed E-state index contributed by atoms with van der Waals surface area (Å²) in [6, 6.07) is 9.08. The first-order valence-electron chi connectivity index (χ1n) is 15.9. The lowest BCUT2D eigenvalue weighted by molar-refractivity contribution is -0.688. The lowest BCUT2D eigenvalue weighted by Gasteiger charge is -2.03. The van der Waals surface area contributed by atoms with Crippen molar-refractivity contribution in [2.45, 2.75) is 143 Å². The maximum absolute atomic E-state index is 2.37.